The smallest absolute Gasteiger partial charge is 0.337 e. The van der Waals surface area contributed by atoms with Crippen molar-refractivity contribution in [2.24, 2.45) is 0 Å². The van der Waals surface area contributed by atoms with Crippen molar-refractivity contribution in [3.05, 3.63) is 65.2 Å². The predicted molar refractivity (Wildman–Crippen MR) is 119 cm³/mol. The van der Waals surface area contributed by atoms with Crippen molar-refractivity contribution in [2.75, 3.05) is 25.6 Å². The van der Waals surface area contributed by atoms with E-state index in [-0.39, 0.29) is 17.1 Å². The number of hydrogen-bond donors (Lipinski definition) is 3. The predicted octanol–water partition coefficient (Wildman–Crippen LogP) is 2.51. The van der Waals surface area contributed by atoms with E-state index in [4.69, 9.17) is 17.0 Å². The second-order valence-electron chi connectivity index (χ2n) is 6.87. The first-order chi connectivity index (χ1) is 15.0. The largest absolute Gasteiger partial charge is 0.465 e. The van der Waals surface area contributed by atoms with Gasteiger partial charge in [0.2, 0.25) is 0 Å². The van der Waals surface area contributed by atoms with Crippen LogP contribution in [0.4, 0.5) is 5.69 Å². The molecule has 9 heteroatoms. The molecule has 1 aliphatic rings. The zero-order valence-electron chi connectivity index (χ0n) is 17.0. The van der Waals surface area contributed by atoms with Crippen LogP contribution in [0.15, 0.2) is 48.5 Å². The van der Waals surface area contributed by atoms with Crippen LogP contribution in [0.1, 0.15) is 43.9 Å². The molecule has 2 aromatic carbocycles. The second kappa shape index (κ2) is 10.6. The lowest BCUT2D eigenvalue weighted by molar-refractivity contribution is 0.0600. The van der Waals surface area contributed by atoms with Crippen LogP contribution in [0.2, 0.25) is 0 Å². The minimum Gasteiger partial charge on any atom is -0.465 e. The molecule has 1 fully saturated rings. The molecule has 1 unspecified atom stereocenters. The molecule has 0 saturated carbocycles. The van der Waals surface area contributed by atoms with Gasteiger partial charge in [-0.2, -0.15) is 0 Å². The van der Waals surface area contributed by atoms with Gasteiger partial charge in [-0.3, -0.25) is 14.9 Å². The number of anilines is 1. The van der Waals surface area contributed by atoms with Gasteiger partial charge in [-0.05, 0) is 61.5 Å². The quantitative estimate of drug-likeness (QED) is 0.467. The van der Waals surface area contributed by atoms with Crippen LogP contribution in [-0.2, 0) is 9.47 Å². The molecule has 1 heterocycles. The van der Waals surface area contributed by atoms with Gasteiger partial charge in [-0.25, -0.2) is 4.79 Å². The molecule has 162 valence electrons. The first-order valence-electron chi connectivity index (χ1n) is 9.77. The molecule has 1 saturated heterocycles. The number of methoxy groups -OCH3 is 1. The van der Waals surface area contributed by atoms with Crippen molar-refractivity contribution in [3.63, 3.8) is 0 Å². The lowest BCUT2D eigenvalue weighted by Crippen LogP contribution is -2.35. The third-order valence-corrected chi connectivity index (χ3v) is 4.93. The molecule has 8 nitrogen and oxygen atoms in total. The van der Waals surface area contributed by atoms with Crippen LogP contribution < -0.4 is 16.0 Å². The number of rotatable bonds is 6. The highest BCUT2D eigenvalue weighted by Gasteiger charge is 2.18. The summed E-state index contributed by atoms with van der Waals surface area (Å²) >= 11 is 5.23. The second-order valence-corrected chi connectivity index (χ2v) is 7.28. The molecule has 1 aliphatic heterocycles. The number of nitrogens with one attached hydrogen (secondary N) is 3. The van der Waals surface area contributed by atoms with Crippen molar-refractivity contribution in [3.8, 4) is 0 Å². The Morgan fingerprint density at radius 2 is 1.77 bits per heavy atom. The Balaban J connectivity index is 1.59. The Morgan fingerprint density at radius 1 is 1.06 bits per heavy atom. The SMILES string of the molecule is COC(=O)c1ccc(C(=O)NC(=S)Nc2ccccc2C(=O)NCC2CCCO2)cc1. The van der Waals surface area contributed by atoms with Crippen LogP contribution in [0, 0.1) is 0 Å². The maximum Gasteiger partial charge on any atom is 0.337 e. The van der Waals surface area contributed by atoms with Gasteiger partial charge in [0, 0.05) is 18.7 Å². The third kappa shape index (κ3) is 6.09. The number of ether oxygens (including phenoxy) is 2. The minimum absolute atomic E-state index is 0.0370. The molecule has 2 aromatic rings. The molecule has 0 aromatic heterocycles. The van der Waals surface area contributed by atoms with E-state index in [2.05, 4.69) is 20.7 Å². The van der Waals surface area contributed by atoms with Crippen LogP contribution in [0.3, 0.4) is 0 Å². The summed E-state index contributed by atoms with van der Waals surface area (Å²) in [5.41, 5.74) is 1.53. The van der Waals surface area contributed by atoms with E-state index >= 15 is 0 Å². The van der Waals surface area contributed by atoms with E-state index in [1.807, 2.05) is 0 Å². The number of amides is 2. The summed E-state index contributed by atoms with van der Waals surface area (Å²) in [7, 11) is 1.29. The zero-order chi connectivity index (χ0) is 22.2. The average molecular weight is 442 g/mol. The average Bonchev–Trinajstić information content (AvgIpc) is 3.31. The van der Waals surface area contributed by atoms with Gasteiger partial charge in [-0.15, -0.1) is 0 Å². The van der Waals surface area contributed by atoms with Gasteiger partial charge in [0.1, 0.15) is 0 Å². The lowest BCUT2D eigenvalue weighted by Gasteiger charge is -2.15. The molecule has 31 heavy (non-hydrogen) atoms. The van der Waals surface area contributed by atoms with Crippen LogP contribution in [0.5, 0.6) is 0 Å². The molecule has 2 amide bonds. The van der Waals surface area contributed by atoms with Gasteiger partial charge in [0.05, 0.1) is 30.0 Å². The summed E-state index contributed by atoms with van der Waals surface area (Å²) < 4.78 is 10.2. The zero-order valence-corrected chi connectivity index (χ0v) is 17.8. The maximum atomic E-state index is 12.6. The minimum atomic E-state index is -0.487. The molecule has 0 aliphatic carbocycles. The molecule has 3 rings (SSSR count). The molecule has 0 radical (unpaired) electrons. The summed E-state index contributed by atoms with van der Waals surface area (Å²) in [6.07, 6.45) is 1.96. The summed E-state index contributed by atoms with van der Waals surface area (Å²) in [5, 5.41) is 8.37. The van der Waals surface area contributed by atoms with E-state index in [9.17, 15) is 14.4 Å². The van der Waals surface area contributed by atoms with E-state index < -0.39 is 11.9 Å². The molecule has 0 bridgehead atoms. The molecule has 1 atom stereocenters. The van der Waals surface area contributed by atoms with Crippen LogP contribution in [0.25, 0.3) is 0 Å². The van der Waals surface area contributed by atoms with Gasteiger partial charge < -0.3 is 20.1 Å². The monoisotopic (exact) mass is 441 g/mol. The Hall–Kier alpha value is -3.30. The van der Waals surface area contributed by atoms with Crippen LogP contribution >= 0.6 is 12.2 Å². The highest BCUT2D eigenvalue weighted by molar-refractivity contribution is 7.80. The fourth-order valence-corrected chi connectivity index (χ4v) is 3.30. The highest BCUT2D eigenvalue weighted by Crippen LogP contribution is 2.16. The first-order valence-corrected chi connectivity index (χ1v) is 10.2. The number of carbonyl (C=O) groups excluding carboxylic acids is 3. The van der Waals surface area contributed by atoms with Crippen molar-refractivity contribution in [2.45, 2.75) is 18.9 Å². The third-order valence-electron chi connectivity index (χ3n) is 4.73. The topological polar surface area (TPSA) is 106 Å². The number of thiocarbonyl (C=S) groups is 1. The molecule has 0 spiro atoms. The normalized spacial score (nSPS) is 15.1. The van der Waals surface area contributed by atoms with Crippen molar-refractivity contribution in [1.82, 2.24) is 10.6 Å². The standard InChI is InChI=1S/C22H23N3O5S/c1-29-21(28)15-10-8-14(9-11-15)19(26)25-22(31)24-18-7-3-2-6-17(18)20(27)23-13-16-5-4-12-30-16/h2-3,6-11,16H,4-5,12-13H2,1H3,(H,23,27)(H2,24,25,26,31). The lowest BCUT2D eigenvalue weighted by atomic mass is 10.1. The summed E-state index contributed by atoms with van der Waals surface area (Å²) in [5.74, 6) is -1.20. The van der Waals surface area contributed by atoms with Crippen molar-refractivity contribution in [1.29, 1.82) is 0 Å². The van der Waals surface area contributed by atoms with Crippen molar-refractivity contribution >= 4 is 40.8 Å². The Morgan fingerprint density at radius 3 is 2.45 bits per heavy atom. The number of hydrogen-bond acceptors (Lipinski definition) is 6. The summed E-state index contributed by atoms with van der Waals surface area (Å²) in [6.45, 7) is 1.16. The van der Waals surface area contributed by atoms with E-state index in [0.29, 0.717) is 28.9 Å². The van der Waals surface area contributed by atoms with Gasteiger partial charge in [0.15, 0.2) is 5.11 Å². The van der Waals surface area contributed by atoms with E-state index in [0.717, 1.165) is 19.4 Å². The van der Waals surface area contributed by atoms with Crippen LogP contribution in [-0.4, -0.2) is 49.3 Å². The Labute approximate surface area is 185 Å². The molecular weight excluding hydrogens is 418 g/mol. The fraction of sp³-hybridized carbons (Fsp3) is 0.273. The Kier molecular flexibility index (Phi) is 7.69. The van der Waals surface area contributed by atoms with E-state index in [1.54, 1.807) is 24.3 Å². The fourth-order valence-electron chi connectivity index (χ4n) is 3.10. The number of benzene rings is 2. The Bertz CT molecular complexity index is 971. The number of carbonyl (C=O) groups is 3. The van der Waals surface area contributed by atoms with E-state index in [1.165, 1.54) is 31.4 Å². The van der Waals surface area contributed by atoms with Gasteiger partial charge in [0.25, 0.3) is 11.8 Å². The van der Waals surface area contributed by atoms with Gasteiger partial charge in [-0.1, -0.05) is 12.1 Å². The molecular formula is C22H23N3O5S. The number of esters is 1. The first kappa shape index (κ1) is 22.4. The highest BCUT2D eigenvalue weighted by atomic mass is 32.1. The summed E-state index contributed by atoms with van der Waals surface area (Å²) in [6, 6.07) is 12.8. The number of para-hydroxylation sites is 1. The molecule has 3 N–H and O–H groups in total. The summed E-state index contributed by atoms with van der Waals surface area (Å²) in [4.78, 5) is 36.5. The van der Waals surface area contributed by atoms with Crippen molar-refractivity contribution < 1.29 is 23.9 Å². The maximum absolute atomic E-state index is 12.6. The van der Waals surface area contributed by atoms with Gasteiger partial charge >= 0.3 is 5.97 Å².